The van der Waals surface area contributed by atoms with Gasteiger partial charge in [-0.05, 0) is 26.7 Å². The van der Waals surface area contributed by atoms with Crippen LogP contribution >= 0.6 is 0 Å². The molecule has 1 spiro atoms. The molecule has 1 unspecified atom stereocenters. The van der Waals surface area contributed by atoms with E-state index in [0.29, 0.717) is 12.8 Å². The molecule has 3 aliphatic rings. The van der Waals surface area contributed by atoms with Crippen molar-refractivity contribution in [1.29, 1.82) is 0 Å². The van der Waals surface area contributed by atoms with Gasteiger partial charge in [-0.2, -0.15) is 0 Å². The fourth-order valence-electron chi connectivity index (χ4n) is 4.05. The summed E-state index contributed by atoms with van der Waals surface area (Å²) in [4.78, 5) is 50.9. The molecule has 148 valence electrons. The molecule has 1 saturated heterocycles. The number of hydrogen-bond donors (Lipinski definition) is 3. The molecule has 0 aromatic rings. The van der Waals surface area contributed by atoms with Gasteiger partial charge in [-0.3, -0.25) is 9.69 Å². The molecule has 3 rings (SSSR count). The van der Waals surface area contributed by atoms with Gasteiger partial charge in [-0.15, -0.1) is 0 Å². The third-order valence-corrected chi connectivity index (χ3v) is 5.38. The molecule has 27 heavy (non-hydrogen) atoms. The first-order chi connectivity index (χ1) is 12.9. The fraction of sp³-hybridized carbons (Fsp3) is 0.667. The minimum Gasteiger partial charge on any atom is -0.463 e. The maximum Gasteiger partial charge on any atom is 0.337 e. The van der Waals surface area contributed by atoms with Crippen molar-refractivity contribution in [3.8, 4) is 0 Å². The van der Waals surface area contributed by atoms with E-state index < -0.39 is 29.6 Å². The van der Waals surface area contributed by atoms with E-state index in [1.165, 1.54) is 0 Å². The minimum absolute atomic E-state index is 0.168. The summed E-state index contributed by atoms with van der Waals surface area (Å²) >= 11 is 0. The van der Waals surface area contributed by atoms with E-state index in [1.807, 2.05) is 0 Å². The lowest BCUT2D eigenvalue weighted by Crippen LogP contribution is -2.52. The zero-order chi connectivity index (χ0) is 19.6. The van der Waals surface area contributed by atoms with Crippen LogP contribution in [-0.4, -0.2) is 53.6 Å². The molecular weight excluding hydrogens is 352 g/mol. The zero-order valence-electron chi connectivity index (χ0n) is 15.7. The second kappa shape index (κ2) is 7.58. The first-order valence-corrected chi connectivity index (χ1v) is 9.50. The zero-order valence-corrected chi connectivity index (χ0v) is 15.7. The summed E-state index contributed by atoms with van der Waals surface area (Å²) in [5, 5.41) is 8.02. The van der Waals surface area contributed by atoms with Crippen molar-refractivity contribution in [2.75, 3.05) is 13.2 Å². The number of carbonyl (C=O) groups excluding carboxylic acids is 4. The summed E-state index contributed by atoms with van der Waals surface area (Å²) in [6, 6.07) is -1.56. The smallest absolute Gasteiger partial charge is 0.337 e. The molecule has 9 heteroatoms. The van der Waals surface area contributed by atoms with Crippen LogP contribution < -0.4 is 16.0 Å². The van der Waals surface area contributed by atoms with Crippen LogP contribution in [0.3, 0.4) is 0 Å². The van der Waals surface area contributed by atoms with Gasteiger partial charge in [0.05, 0.1) is 30.5 Å². The summed E-state index contributed by atoms with van der Waals surface area (Å²) in [5.74, 6) is -0.866. The van der Waals surface area contributed by atoms with Gasteiger partial charge in [0, 0.05) is 0 Å². The molecule has 3 N–H and O–H groups in total. The van der Waals surface area contributed by atoms with Crippen LogP contribution in [0.4, 0.5) is 9.59 Å². The molecule has 2 heterocycles. The third-order valence-electron chi connectivity index (χ3n) is 5.38. The summed E-state index contributed by atoms with van der Waals surface area (Å²) in [6.07, 6.45) is 5.08. The molecule has 0 aromatic carbocycles. The SMILES string of the molecule is CCOC(=O)C1=C(CN2C(=O)NC3(CCCCCC3)C2=O)NC(=O)NC1C. The highest BCUT2D eigenvalue weighted by atomic mass is 16.5. The molecule has 0 aromatic heterocycles. The number of hydrogen-bond acceptors (Lipinski definition) is 5. The van der Waals surface area contributed by atoms with Crippen LogP contribution in [0, 0.1) is 0 Å². The van der Waals surface area contributed by atoms with Gasteiger partial charge in [0.15, 0.2) is 0 Å². The van der Waals surface area contributed by atoms with Crippen LogP contribution in [0.25, 0.3) is 0 Å². The van der Waals surface area contributed by atoms with Crippen molar-refractivity contribution in [2.45, 2.75) is 64.0 Å². The van der Waals surface area contributed by atoms with Crippen LogP contribution in [-0.2, 0) is 14.3 Å². The van der Waals surface area contributed by atoms with E-state index in [2.05, 4.69) is 16.0 Å². The molecule has 2 aliphatic heterocycles. The van der Waals surface area contributed by atoms with Crippen molar-refractivity contribution >= 4 is 23.9 Å². The second-order valence-corrected chi connectivity index (χ2v) is 7.25. The highest BCUT2D eigenvalue weighted by Gasteiger charge is 2.51. The van der Waals surface area contributed by atoms with Gasteiger partial charge in [0.2, 0.25) is 0 Å². The second-order valence-electron chi connectivity index (χ2n) is 7.25. The van der Waals surface area contributed by atoms with Gasteiger partial charge in [-0.1, -0.05) is 25.7 Å². The lowest BCUT2D eigenvalue weighted by Gasteiger charge is -2.29. The number of urea groups is 2. The molecule has 1 saturated carbocycles. The molecule has 1 atom stereocenters. The Balaban J connectivity index is 1.88. The van der Waals surface area contributed by atoms with Crippen LogP contribution in [0.2, 0.25) is 0 Å². The molecule has 2 fully saturated rings. The van der Waals surface area contributed by atoms with Gasteiger partial charge >= 0.3 is 18.0 Å². The lowest BCUT2D eigenvalue weighted by atomic mass is 9.90. The molecule has 1 aliphatic carbocycles. The average Bonchev–Trinajstić information content (AvgIpc) is 2.77. The summed E-state index contributed by atoms with van der Waals surface area (Å²) in [7, 11) is 0. The molecule has 0 bridgehead atoms. The number of amides is 5. The Morgan fingerprint density at radius 1 is 1.19 bits per heavy atom. The number of imide groups is 1. The number of nitrogens with one attached hydrogen (secondary N) is 3. The van der Waals surface area contributed by atoms with E-state index >= 15 is 0 Å². The minimum atomic E-state index is -0.860. The van der Waals surface area contributed by atoms with E-state index in [1.54, 1.807) is 13.8 Å². The summed E-state index contributed by atoms with van der Waals surface area (Å²) < 4.78 is 5.07. The third kappa shape index (κ3) is 3.63. The lowest BCUT2D eigenvalue weighted by molar-refractivity contribution is -0.139. The van der Waals surface area contributed by atoms with Gasteiger partial charge in [0.1, 0.15) is 5.54 Å². The Morgan fingerprint density at radius 3 is 2.48 bits per heavy atom. The van der Waals surface area contributed by atoms with Crippen molar-refractivity contribution in [3.05, 3.63) is 11.3 Å². The van der Waals surface area contributed by atoms with Crippen LogP contribution in [0.5, 0.6) is 0 Å². The van der Waals surface area contributed by atoms with E-state index in [-0.39, 0.29) is 30.3 Å². The Labute approximate surface area is 157 Å². The summed E-state index contributed by atoms with van der Waals surface area (Å²) in [5.41, 5.74) is -0.418. The van der Waals surface area contributed by atoms with Gasteiger partial charge < -0.3 is 20.7 Å². The fourth-order valence-corrected chi connectivity index (χ4v) is 4.05. The quantitative estimate of drug-likeness (QED) is 0.501. The number of ether oxygens (including phenoxy) is 1. The van der Waals surface area contributed by atoms with Gasteiger partial charge in [-0.25, -0.2) is 14.4 Å². The number of nitrogens with zero attached hydrogens (tertiary/aromatic N) is 1. The number of esters is 1. The monoisotopic (exact) mass is 378 g/mol. The van der Waals surface area contributed by atoms with Crippen molar-refractivity contribution < 1.29 is 23.9 Å². The summed E-state index contributed by atoms with van der Waals surface area (Å²) in [6.45, 7) is 3.36. The van der Waals surface area contributed by atoms with Gasteiger partial charge in [0.25, 0.3) is 5.91 Å². The largest absolute Gasteiger partial charge is 0.463 e. The molecular formula is C18H26N4O5. The standard InChI is InChI=1S/C18H26N4O5/c1-3-27-14(23)13-11(2)19-16(25)20-12(13)10-22-15(24)18(21-17(22)26)8-6-4-5-7-9-18/h11H,3-10H2,1-2H3,(H,21,26)(H2,19,20,25). The van der Waals surface area contributed by atoms with Crippen LogP contribution in [0.15, 0.2) is 11.3 Å². The maximum atomic E-state index is 13.1. The Morgan fingerprint density at radius 2 is 1.85 bits per heavy atom. The predicted octanol–water partition coefficient (Wildman–Crippen LogP) is 1.15. The predicted molar refractivity (Wildman–Crippen MR) is 95.5 cm³/mol. The maximum absolute atomic E-state index is 13.1. The topological polar surface area (TPSA) is 117 Å². The normalized spacial score (nSPS) is 25.0. The first kappa shape index (κ1) is 19.2. The molecule has 5 amide bonds. The Hall–Kier alpha value is -2.58. The molecule has 9 nitrogen and oxygen atoms in total. The van der Waals surface area contributed by atoms with Crippen molar-refractivity contribution in [3.63, 3.8) is 0 Å². The highest BCUT2D eigenvalue weighted by molar-refractivity contribution is 6.07. The first-order valence-electron chi connectivity index (χ1n) is 9.50. The molecule has 0 radical (unpaired) electrons. The Kier molecular flexibility index (Phi) is 5.38. The van der Waals surface area contributed by atoms with E-state index in [0.717, 1.165) is 30.6 Å². The number of rotatable bonds is 4. The Bertz CT molecular complexity index is 694. The van der Waals surface area contributed by atoms with E-state index in [9.17, 15) is 19.2 Å². The highest BCUT2D eigenvalue weighted by Crippen LogP contribution is 2.33. The average molecular weight is 378 g/mol. The van der Waals surface area contributed by atoms with Crippen LogP contribution in [0.1, 0.15) is 52.4 Å². The van der Waals surface area contributed by atoms with Crippen molar-refractivity contribution in [2.24, 2.45) is 0 Å². The van der Waals surface area contributed by atoms with E-state index in [4.69, 9.17) is 4.74 Å². The van der Waals surface area contributed by atoms with Crippen molar-refractivity contribution in [1.82, 2.24) is 20.9 Å². The number of carbonyl (C=O) groups is 4.